The number of nitrogens with zero attached hydrogens (tertiary/aromatic N) is 3. The van der Waals surface area contributed by atoms with Gasteiger partial charge in [0.05, 0.1) is 7.11 Å². The topological polar surface area (TPSA) is 62.7 Å². The van der Waals surface area contributed by atoms with Gasteiger partial charge in [-0.25, -0.2) is 4.98 Å². The first-order valence-electron chi connectivity index (χ1n) is 9.25. The van der Waals surface area contributed by atoms with Crippen molar-refractivity contribution in [2.75, 3.05) is 20.2 Å². The van der Waals surface area contributed by atoms with Gasteiger partial charge in [-0.2, -0.15) is 0 Å². The normalized spacial score (nSPS) is 17.6. The van der Waals surface area contributed by atoms with Crippen LogP contribution in [0.25, 0.3) is 0 Å². The van der Waals surface area contributed by atoms with Crippen LogP contribution in [0.1, 0.15) is 35.8 Å². The molecule has 2 aromatic rings. The number of pyridine rings is 1. The number of ether oxygens (including phenoxy) is 1. The summed E-state index contributed by atoms with van der Waals surface area (Å²) in [6.45, 7) is 3.49. The van der Waals surface area contributed by atoms with Crippen LogP contribution in [0.3, 0.4) is 0 Å². The quantitative estimate of drug-likeness (QED) is 0.815. The predicted octanol–water partition coefficient (Wildman–Crippen LogP) is 2.74. The molecule has 1 atom stereocenters. The molecule has 3 rings (SSSR count). The molecule has 1 aromatic carbocycles. The molecule has 1 aliphatic heterocycles. The van der Waals surface area contributed by atoms with Gasteiger partial charge >= 0.3 is 0 Å². The van der Waals surface area contributed by atoms with E-state index in [1.54, 1.807) is 23.2 Å². The zero-order chi connectivity index (χ0) is 19.2. The summed E-state index contributed by atoms with van der Waals surface area (Å²) in [4.78, 5) is 33.6. The summed E-state index contributed by atoms with van der Waals surface area (Å²) in [5.41, 5.74) is 1.38. The monoisotopic (exact) mass is 367 g/mol. The first-order chi connectivity index (χ1) is 13.1. The largest absolute Gasteiger partial charge is 0.494 e. The van der Waals surface area contributed by atoms with Crippen molar-refractivity contribution in [1.82, 2.24) is 14.8 Å². The van der Waals surface area contributed by atoms with Gasteiger partial charge in [-0.3, -0.25) is 9.59 Å². The Labute approximate surface area is 159 Å². The highest BCUT2D eigenvalue weighted by Crippen LogP contribution is 2.22. The predicted molar refractivity (Wildman–Crippen MR) is 102 cm³/mol. The highest BCUT2D eigenvalue weighted by molar-refractivity contribution is 5.95. The molecule has 0 spiro atoms. The molecule has 2 heterocycles. The van der Waals surface area contributed by atoms with Crippen LogP contribution in [0, 0.1) is 0 Å². The summed E-state index contributed by atoms with van der Waals surface area (Å²) in [6.07, 6.45) is 2.67. The van der Waals surface area contributed by atoms with Gasteiger partial charge in [0, 0.05) is 38.3 Å². The maximum Gasteiger partial charge on any atom is 0.276 e. The van der Waals surface area contributed by atoms with Crippen LogP contribution < -0.4 is 4.74 Å². The minimum absolute atomic E-state index is 0.0288. The van der Waals surface area contributed by atoms with Crippen molar-refractivity contribution in [3.05, 3.63) is 59.9 Å². The van der Waals surface area contributed by atoms with Crippen molar-refractivity contribution in [3.8, 4) is 5.75 Å². The molecular formula is C21H25N3O3. The van der Waals surface area contributed by atoms with Crippen molar-refractivity contribution in [1.29, 1.82) is 0 Å². The van der Waals surface area contributed by atoms with Gasteiger partial charge in [0.1, 0.15) is 5.75 Å². The van der Waals surface area contributed by atoms with E-state index in [1.165, 1.54) is 7.11 Å². The van der Waals surface area contributed by atoms with Crippen molar-refractivity contribution in [3.63, 3.8) is 0 Å². The first kappa shape index (κ1) is 18.9. The van der Waals surface area contributed by atoms with E-state index in [1.807, 2.05) is 42.2 Å². The lowest BCUT2D eigenvalue weighted by molar-refractivity contribution is -0.133. The Bertz CT molecular complexity index is 794. The minimum Gasteiger partial charge on any atom is -0.494 e. The van der Waals surface area contributed by atoms with E-state index in [9.17, 15) is 9.59 Å². The zero-order valence-corrected chi connectivity index (χ0v) is 15.8. The van der Waals surface area contributed by atoms with Crippen LogP contribution in [0.15, 0.2) is 48.7 Å². The van der Waals surface area contributed by atoms with Crippen molar-refractivity contribution in [2.24, 2.45) is 0 Å². The van der Waals surface area contributed by atoms with Crippen LogP contribution in [-0.4, -0.2) is 52.8 Å². The molecule has 0 aliphatic carbocycles. The fourth-order valence-corrected chi connectivity index (χ4v) is 3.42. The molecule has 1 saturated heterocycles. The van der Waals surface area contributed by atoms with E-state index in [4.69, 9.17) is 4.74 Å². The number of hydrogen-bond donors (Lipinski definition) is 0. The maximum atomic E-state index is 13.0. The standard InChI is InChI=1S/C21H25N3O3/c1-3-17-15-23(21(26)20-18(27-2)10-7-12-22-20)13-11-19(25)24(17)14-16-8-5-4-6-9-16/h4-10,12,17H,3,11,13-15H2,1-2H3/t17-/m0/s1. The van der Waals surface area contributed by atoms with Gasteiger partial charge in [0.2, 0.25) is 5.91 Å². The highest BCUT2D eigenvalue weighted by atomic mass is 16.5. The minimum atomic E-state index is -0.194. The van der Waals surface area contributed by atoms with Crippen LogP contribution in [0.4, 0.5) is 0 Å². The summed E-state index contributed by atoms with van der Waals surface area (Å²) < 4.78 is 5.28. The zero-order valence-electron chi connectivity index (χ0n) is 15.8. The average Bonchev–Trinajstić information content (AvgIpc) is 2.87. The number of benzene rings is 1. The number of carbonyl (C=O) groups excluding carboxylic acids is 2. The van der Waals surface area contributed by atoms with Crippen LogP contribution >= 0.6 is 0 Å². The number of rotatable bonds is 5. The molecule has 142 valence electrons. The maximum absolute atomic E-state index is 13.0. The Kier molecular flexibility index (Phi) is 6.06. The van der Waals surface area contributed by atoms with Crippen molar-refractivity contribution < 1.29 is 14.3 Å². The second kappa shape index (κ2) is 8.66. The molecule has 0 unspecified atom stereocenters. The van der Waals surface area contributed by atoms with Crippen molar-refractivity contribution in [2.45, 2.75) is 32.4 Å². The number of carbonyl (C=O) groups is 2. The third-order valence-corrected chi connectivity index (χ3v) is 4.94. The van der Waals surface area contributed by atoms with Gasteiger partial charge in [0.15, 0.2) is 5.69 Å². The third-order valence-electron chi connectivity index (χ3n) is 4.94. The summed E-state index contributed by atoms with van der Waals surface area (Å²) in [7, 11) is 1.52. The smallest absolute Gasteiger partial charge is 0.276 e. The van der Waals surface area contributed by atoms with E-state index in [-0.39, 0.29) is 17.9 Å². The van der Waals surface area contributed by atoms with Gasteiger partial charge in [-0.15, -0.1) is 0 Å². The van der Waals surface area contributed by atoms with Gasteiger partial charge < -0.3 is 14.5 Å². The summed E-state index contributed by atoms with van der Waals surface area (Å²) >= 11 is 0. The molecule has 6 heteroatoms. The number of amides is 2. The van der Waals surface area contributed by atoms with E-state index >= 15 is 0 Å². The highest BCUT2D eigenvalue weighted by Gasteiger charge is 2.32. The van der Waals surface area contributed by atoms with E-state index in [2.05, 4.69) is 4.98 Å². The number of aromatic nitrogens is 1. The second-order valence-corrected chi connectivity index (χ2v) is 6.62. The Morgan fingerprint density at radius 2 is 2.00 bits per heavy atom. The molecule has 27 heavy (non-hydrogen) atoms. The molecule has 6 nitrogen and oxygen atoms in total. The Morgan fingerprint density at radius 3 is 2.70 bits per heavy atom. The number of hydrogen-bond acceptors (Lipinski definition) is 4. The molecule has 1 aliphatic rings. The van der Waals surface area contributed by atoms with Crippen molar-refractivity contribution >= 4 is 11.8 Å². The lowest BCUT2D eigenvalue weighted by Crippen LogP contribution is -2.44. The number of methoxy groups -OCH3 is 1. The van der Waals surface area contributed by atoms with Crippen LogP contribution in [-0.2, 0) is 11.3 Å². The molecule has 0 N–H and O–H groups in total. The Balaban J connectivity index is 1.81. The summed E-state index contributed by atoms with van der Waals surface area (Å²) in [6, 6.07) is 13.4. The Hall–Kier alpha value is -2.89. The van der Waals surface area contributed by atoms with Crippen LogP contribution in [0.2, 0.25) is 0 Å². The third kappa shape index (κ3) is 4.27. The Morgan fingerprint density at radius 1 is 1.22 bits per heavy atom. The summed E-state index contributed by atoms with van der Waals surface area (Å²) in [5, 5.41) is 0. The van der Waals surface area contributed by atoms with Gasteiger partial charge in [0.25, 0.3) is 5.91 Å². The van der Waals surface area contributed by atoms with Crippen LogP contribution in [0.5, 0.6) is 5.75 Å². The molecular weight excluding hydrogens is 342 g/mol. The van der Waals surface area contributed by atoms with Gasteiger partial charge in [-0.05, 0) is 24.1 Å². The molecule has 2 amide bonds. The second-order valence-electron chi connectivity index (χ2n) is 6.62. The summed E-state index contributed by atoms with van der Waals surface area (Å²) in [5.74, 6) is 0.335. The average molecular weight is 367 g/mol. The lowest BCUT2D eigenvalue weighted by Gasteiger charge is -2.31. The fraction of sp³-hybridized carbons (Fsp3) is 0.381. The molecule has 0 bridgehead atoms. The van der Waals surface area contributed by atoms with E-state index in [0.29, 0.717) is 37.5 Å². The molecule has 1 aromatic heterocycles. The molecule has 0 saturated carbocycles. The van der Waals surface area contributed by atoms with E-state index in [0.717, 1.165) is 12.0 Å². The fourth-order valence-electron chi connectivity index (χ4n) is 3.42. The first-order valence-corrected chi connectivity index (χ1v) is 9.25. The molecule has 1 fully saturated rings. The van der Waals surface area contributed by atoms with E-state index < -0.39 is 0 Å². The SMILES string of the molecule is CC[C@H]1CN(C(=O)c2ncccc2OC)CCC(=O)N1Cc1ccccc1. The lowest BCUT2D eigenvalue weighted by atomic mass is 10.1. The molecule has 0 radical (unpaired) electrons. The van der Waals surface area contributed by atoms with Gasteiger partial charge in [-0.1, -0.05) is 37.3 Å².